The topological polar surface area (TPSA) is 196 Å². The number of benzene rings is 4. The molecule has 19 nitrogen and oxygen atoms in total. The number of rotatable bonds is 9. The van der Waals surface area contributed by atoms with Crippen molar-refractivity contribution in [3.05, 3.63) is 152 Å². The van der Waals surface area contributed by atoms with E-state index in [-0.39, 0.29) is 51.9 Å². The minimum Gasteiger partial charge on any atom is -0.444 e. The van der Waals surface area contributed by atoms with Crippen molar-refractivity contribution in [2.75, 3.05) is 11.9 Å². The van der Waals surface area contributed by atoms with E-state index in [1.165, 1.54) is 62.8 Å². The molecule has 6 aliphatic rings. The second-order valence-corrected chi connectivity index (χ2v) is 32.3. The molecular weight excluding hydrogens is 1460 g/mol. The van der Waals surface area contributed by atoms with Gasteiger partial charge in [0.2, 0.25) is 11.2 Å². The van der Waals surface area contributed by atoms with Gasteiger partial charge in [-0.1, -0.05) is 73.4 Å². The van der Waals surface area contributed by atoms with Crippen molar-refractivity contribution in [2.45, 2.75) is 233 Å². The lowest BCUT2D eigenvalue weighted by Crippen LogP contribution is -2.41. The van der Waals surface area contributed by atoms with Crippen molar-refractivity contribution in [1.29, 1.82) is 0 Å². The van der Waals surface area contributed by atoms with Crippen molar-refractivity contribution in [1.82, 2.24) is 68.0 Å². The number of nitrogens with one attached hydrogen (secondary N) is 1. The van der Waals surface area contributed by atoms with Gasteiger partial charge in [-0.2, -0.15) is 0 Å². The van der Waals surface area contributed by atoms with Crippen molar-refractivity contribution >= 4 is 102 Å². The maximum atomic E-state index is 15.2. The second kappa shape index (κ2) is 30.1. The van der Waals surface area contributed by atoms with Gasteiger partial charge in [0.25, 0.3) is 0 Å². The highest BCUT2D eigenvalue weighted by atomic mass is 79.9. The molecule has 4 aliphatic carbocycles. The molecule has 4 saturated carbocycles. The number of hydrogen-bond donors (Lipinski definition) is 1. The monoisotopic (exact) mass is 1550 g/mol. The number of aryl methyl sites for hydroxylation is 4. The van der Waals surface area contributed by atoms with E-state index < -0.39 is 47.2 Å². The predicted octanol–water partition coefficient (Wildman–Crippen LogP) is 19.7. The summed E-state index contributed by atoms with van der Waals surface area (Å²) in [6.45, 7) is 22.1. The van der Waals surface area contributed by atoms with Gasteiger partial charge < -0.3 is 42.5 Å². The van der Waals surface area contributed by atoms with Gasteiger partial charge in [-0.15, -0.1) is 0 Å². The predicted molar refractivity (Wildman–Crippen MR) is 406 cm³/mol. The first-order valence-electron chi connectivity index (χ1n) is 37.1. The van der Waals surface area contributed by atoms with E-state index in [1.807, 2.05) is 94.4 Å². The standard InChI is InChI=1S/C30H33F2N7O2.C19H26BFN2O2.C17H15ClF2N4.C13H14BrFN2/c1-17-34-27-21(31)13-19(14-24(27)39(17)20-7-5-6-8-20)26-22(32)15-33-28(37-26)36-25-10-9-18-16-38(12-11-23(18)35-25)29(40)41-30(2,3)4;1-12-22-17-15(21)10-13(20-24-18(2,3)19(4,5)25-20)11-16(17)23(12)14-8-6-7-9-14;1-9-22-16-12(19)6-10(15-13(20)8-21-17(18)23-15)7-14(16)24(9)11-4-2-3-5-11;1-8-16-13-11(15)6-9(14)7-12(13)17(8)10-4-2-3-5-10/h9-10,13-15,20H,5-8,11-12,16H2,1-4H3,(H,33,35,36,37);10-11,14H,6-9H2,1-5H3;6-8,11H,2-5H2,1H3;6-7,10H,2-5H2,1H3. The largest absolute Gasteiger partial charge is 0.495 e. The lowest BCUT2D eigenvalue weighted by Gasteiger charge is -2.32. The zero-order valence-corrected chi connectivity index (χ0v) is 64.5. The Kier molecular flexibility index (Phi) is 21.2. The van der Waals surface area contributed by atoms with Crippen LogP contribution < -0.4 is 10.8 Å². The molecule has 5 fully saturated rings. The molecule has 7 aromatic heterocycles. The van der Waals surface area contributed by atoms with E-state index in [9.17, 15) is 22.4 Å². The van der Waals surface area contributed by atoms with E-state index in [4.69, 9.17) is 25.6 Å². The third kappa shape index (κ3) is 15.5. The molecule has 1 amide bonds. The molecule has 0 radical (unpaired) electrons. The fourth-order valence-corrected chi connectivity index (χ4v) is 16.8. The average Bonchev–Trinajstić information content (AvgIpc) is 1.66. The van der Waals surface area contributed by atoms with E-state index >= 15 is 8.78 Å². The van der Waals surface area contributed by atoms with Crippen LogP contribution in [0.3, 0.4) is 0 Å². The minimum absolute atomic E-state index is 0.00683. The fraction of sp³-hybridized carbons (Fsp3) is 0.468. The quantitative estimate of drug-likeness (QED) is 0.0814. The van der Waals surface area contributed by atoms with Gasteiger partial charge in [0.15, 0.2) is 34.9 Å². The molecule has 107 heavy (non-hydrogen) atoms. The van der Waals surface area contributed by atoms with E-state index in [1.54, 1.807) is 23.1 Å². The summed E-state index contributed by atoms with van der Waals surface area (Å²) in [6.07, 6.45) is 20.6. The number of amides is 1. The third-order valence-electron chi connectivity index (χ3n) is 21.9. The molecule has 9 heterocycles. The highest BCUT2D eigenvalue weighted by Crippen LogP contribution is 2.42. The Balaban J connectivity index is 0.000000126. The van der Waals surface area contributed by atoms with Crippen LogP contribution in [0.4, 0.5) is 42.9 Å². The molecule has 4 aromatic carbocycles. The summed E-state index contributed by atoms with van der Waals surface area (Å²) < 4.78 is 114. The number of carbonyl (C=O) groups excluding carboxylic acids is 1. The molecule has 0 atom stereocenters. The number of nitrogens with zero attached hydrogens (tertiary/aromatic N) is 14. The summed E-state index contributed by atoms with van der Waals surface area (Å²) in [5.41, 5.74) is 6.32. The van der Waals surface area contributed by atoms with Gasteiger partial charge in [-0.25, -0.2) is 76.0 Å². The SMILES string of the molecule is Cc1nc2c(F)cc(-c3nc(Cl)ncc3F)cc2n1C1CCCC1.Cc1nc2c(F)cc(-c3nc(Nc4ccc5c(n4)CCN(C(=O)OC(C)(C)C)C5)ncc3F)cc2n1C1CCCC1.Cc1nc2c(F)cc(B3OC(C)(C)C(C)(C)O3)cc2n1C1CCCC1.Cc1nc2c(F)cc(Br)cc2n1C1CCCC1. The van der Waals surface area contributed by atoms with Crippen molar-refractivity contribution in [3.63, 3.8) is 0 Å². The average molecular weight is 1550 g/mol. The Morgan fingerprint density at radius 2 is 0.953 bits per heavy atom. The summed E-state index contributed by atoms with van der Waals surface area (Å²) in [5, 5.41) is 2.98. The number of imidazole rings is 4. The molecule has 0 bridgehead atoms. The first-order chi connectivity index (χ1) is 51.0. The van der Waals surface area contributed by atoms with Crippen LogP contribution in [0, 0.1) is 62.6 Å². The van der Waals surface area contributed by atoms with Crippen LogP contribution in [0.25, 0.3) is 66.6 Å². The van der Waals surface area contributed by atoms with Crippen molar-refractivity contribution < 1.29 is 45.2 Å². The summed E-state index contributed by atoms with van der Waals surface area (Å²) in [5.74, 6) is 1.12. The Labute approximate surface area is 631 Å². The first kappa shape index (κ1) is 75.3. The number of halogens is 8. The van der Waals surface area contributed by atoms with Crippen LogP contribution in [-0.2, 0) is 27.0 Å². The Bertz CT molecular complexity index is 5190. The maximum absolute atomic E-state index is 15.2. The third-order valence-corrected chi connectivity index (χ3v) is 22.6. The Hall–Kier alpha value is -8.53. The normalized spacial score (nSPS) is 17.6. The first-order valence-corrected chi connectivity index (χ1v) is 38.3. The number of pyridine rings is 1. The highest BCUT2D eigenvalue weighted by molar-refractivity contribution is 9.10. The summed E-state index contributed by atoms with van der Waals surface area (Å²) >= 11 is 9.12. The van der Waals surface area contributed by atoms with E-state index in [2.05, 4.69) is 84.4 Å². The van der Waals surface area contributed by atoms with Gasteiger partial charge in [0.1, 0.15) is 68.2 Å². The van der Waals surface area contributed by atoms with Crippen LogP contribution in [0.2, 0.25) is 5.28 Å². The number of ether oxygens (including phenoxy) is 1. The van der Waals surface area contributed by atoms with E-state index in [0.29, 0.717) is 82.2 Å². The highest BCUT2D eigenvalue weighted by Gasteiger charge is 2.52. The maximum Gasteiger partial charge on any atom is 0.495 e. The van der Waals surface area contributed by atoms with Gasteiger partial charge in [-0.05, 0) is 205 Å². The Morgan fingerprint density at radius 3 is 1.41 bits per heavy atom. The van der Waals surface area contributed by atoms with E-state index in [0.717, 1.165) is 132 Å². The van der Waals surface area contributed by atoms with Crippen LogP contribution in [-0.4, -0.2) is 105 Å². The zero-order chi connectivity index (χ0) is 75.7. The van der Waals surface area contributed by atoms with Gasteiger partial charge in [0.05, 0.1) is 52.2 Å². The van der Waals surface area contributed by atoms with Crippen LogP contribution >= 0.6 is 27.5 Å². The molecule has 562 valence electrons. The second-order valence-electron chi connectivity index (χ2n) is 31.0. The molecule has 0 unspecified atom stereocenters. The molecule has 0 spiro atoms. The summed E-state index contributed by atoms with van der Waals surface area (Å²) in [7, 11) is -0.559. The van der Waals surface area contributed by atoms with Crippen molar-refractivity contribution in [3.8, 4) is 22.5 Å². The smallest absolute Gasteiger partial charge is 0.444 e. The summed E-state index contributed by atoms with van der Waals surface area (Å²) in [6, 6.07) is 18.1. The van der Waals surface area contributed by atoms with Gasteiger partial charge >= 0.3 is 13.2 Å². The molecule has 17 rings (SSSR count). The number of anilines is 2. The molecule has 1 N–H and O–H groups in total. The lowest BCUT2D eigenvalue weighted by atomic mass is 9.79. The molecular formula is C79H88BBrClF6N15O4. The summed E-state index contributed by atoms with van der Waals surface area (Å²) in [4.78, 5) is 52.5. The number of fused-ring (bicyclic) bond motifs is 5. The molecule has 28 heteroatoms. The van der Waals surface area contributed by atoms with Crippen LogP contribution in [0.5, 0.6) is 0 Å². The Morgan fingerprint density at radius 1 is 0.542 bits per heavy atom. The zero-order valence-electron chi connectivity index (χ0n) is 62.2. The van der Waals surface area contributed by atoms with Crippen molar-refractivity contribution in [2.24, 2.45) is 0 Å². The van der Waals surface area contributed by atoms with Crippen LogP contribution in [0.15, 0.2) is 77.5 Å². The van der Waals surface area contributed by atoms with Gasteiger partial charge in [0, 0.05) is 58.4 Å². The number of aromatic nitrogens is 13. The fourth-order valence-electron chi connectivity index (χ4n) is 16.2. The molecule has 1 saturated heterocycles. The lowest BCUT2D eigenvalue weighted by molar-refractivity contribution is 0.00578. The minimum atomic E-state index is -0.654. The molecule has 2 aliphatic heterocycles. The molecule has 11 aromatic rings. The number of hydrogen-bond acceptors (Lipinski definition) is 14. The number of carbonyl (C=O) groups is 1. The van der Waals surface area contributed by atoms with Gasteiger partial charge in [-0.3, -0.25) is 0 Å². The van der Waals surface area contributed by atoms with Crippen LogP contribution in [0.1, 0.15) is 210 Å².